The number of likely N-dealkylation sites (tertiary alicyclic amines) is 1. The van der Waals surface area contributed by atoms with Crippen LogP contribution in [0.25, 0.3) is 0 Å². The molecule has 2 unspecified atom stereocenters. The van der Waals surface area contributed by atoms with E-state index >= 15 is 0 Å². The predicted octanol–water partition coefficient (Wildman–Crippen LogP) is -0.356. The van der Waals surface area contributed by atoms with Gasteiger partial charge in [0.2, 0.25) is 5.91 Å². The summed E-state index contributed by atoms with van der Waals surface area (Å²) in [7, 11) is 1.48. The van der Waals surface area contributed by atoms with Gasteiger partial charge in [-0.25, -0.2) is 4.79 Å². The monoisotopic (exact) mass is 242 g/mol. The van der Waals surface area contributed by atoms with Crippen molar-refractivity contribution in [2.24, 2.45) is 5.73 Å². The van der Waals surface area contributed by atoms with Gasteiger partial charge in [-0.15, -0.1) is 0 Å². The fraction of sp³-hybridized carbons (Fsp3) is 0.818. The van der Waals surface area contributed by atoms with Crippen molar-refractivity contribution in [2.45, 2.75) is 38.3 Å². The van der Waals surface area contributed by atoms with E-state index in [0.717, 1.165) is 19.4 Å². The molecule has 1 aliphatic heterocycles. The number of nitrogens with one attached hydrogen (secondary N) is 2. The summed E-state index contributed by atoms with van der Waals surface area (Å²) in [5.41, 5.74) is 5.87. The molecule has 1 rings (SSSR count). The molecule has 6 heteroatoms. The second kappa shape index (κ2) is 6.56. The largest absolute Gasteiger partial charge is 0.341 e. The number of rotatable bonds is 3. The van der Waals surface area contributed by atoms with E-state index in [0.29, 0.717) is 19.0 Å². The lowest BCUT2D eigenvalue weighted by atomic mass is 9.99. The Balaban J connectivity index is 2.26. The summed E-state index contributed by atoms with van der Waals surface area (Å²) in [5.74, 6) is -0.244. The Morgan fingerprint density at radius 3 is 2.76 bits per heavy atom. The van der Waals surface area contributed by atoms with Gasteiger partial charge in [-0.2, -0.15) is 0 Å². The van der Waals surface area contributed by atoms with Crippen LogP contribution in [-0.4, -0.2) is 49.1 Å². The summed E-state index contributed by atoms with van der Waals surface area (Å²) in [6, 6.07) is 0.233. The number of imide groups is 1. The van der Waals surface area contributed by atoms with Crippen LogP contribution in [0.15, 0.2) is 0 Å². The van der Waals surface area contributed by atoms with Crippen LogP contribution in [0.4, 0.5) is 4.79 Å². The second-order valence-corrected chi connectivity index (χ2v) is 4.55. The summed E-state index contributed by atoms with van der Waals surface area (Å²) in [6.45, 7) is 3.72. The van der Waals surface area contributed by atoms with Crippen molar-refractivity contribution < 1.29 is 9.59 Å². The van der Waals surface area contributed by atoms with Crippen molar-refractivity contribution in [3.63, 3.8) is 0 Å². The van der Waals surface area contributed by atoms with Gasteiger partial charge >= 0.3 is 6.03 Å². The third-order valence-electron chi connectivity index (χ3n) is 3.16. The van der Waals surface area contributed by atoms with Crippen LogP contribution in [0.2, 0.25) is 0 Å². The summed E-state index contributed by atoms with van der Waals surface area (Å²) in [6.07, 6.45) is 2.28. The van der Waals surface area contributed by atoms with Crippen LogP contribution in [0.1, 0.15) is 26.2 Å². The zero-order valence-electron chi connectivity index (χ0n) is 10.5. The first-order valence-corrected chi connectivity index (χ1v) is 6.04. The Morgan fingerprint density at radius 1 is 1.47 bits per heavy atom. The fourth-order valence-corrected chi connectivity index (χ4v) is 2.09. The van der Waals surface area contributed by atoms with E-state index < -0.39 is 6.03 Å². The molecule has 0 saturated carbocycles. The van der Waals surface area contributed by atoms with Gasteiger partial charge in [-0.1, -0.05) is 0 Å². The number of piperidine rings is 1. The Bertz CT molecular complexity index is 283. The van der Waals surface area contributed by atoms with Crippen LogP contribution < -0.4 is 16.4 Å². The van der Waals surface area contributed by atoms with Crippen molar-refractivity contribution in [3.05, 3.63) is 0 Å². The maximum Gasteiger partial charge on any atom is 0.321 e. The van der Waals surface area contributed by atoms with Gasteiger partial charge in [-0.3, -0.25) is 10.1 Å². The number of carbonyl (C=O) groups excluding carboxylic acids is 2. The van der Waals surface area contributed by atoms with Gasteiger partial charge in [0.1, 0.15) is 0 Å². The highest BCUT2D eigenvalue weighted by Gasteiger charge is 2.23. The van der Waals surface area contributed by atoms with Gasteiger partial charge in [-0.05, 0) is 26.3 Å². The SMILES string of the molecule is CNC(=O)NC(=O)CCN1CCC(N)CC1C. The molecule has 17 heavy (non-hydrogen) atoms. The van der Waals surface area contributed by atoms with Crippen LogP contribution in [0, 0.1) is 0 Å². The molecule has 0 aromatic heterocycles. The van der Waals surface area contributed by atoms with E-state index in [1.807, 2.05) is 0 Å². The lowest BCUT2D eigenvalue weighted by Crippen LogP contribution is -2.47. The highest BCUT2D eigenvalue weighted by atomic mass is 16.2. The third-order valence-corrected chi connectivity index (χ3v) is 3.16. The maximum atomic E-state index is 11.4. The Labute approximate surface area is 102 Å². The summed E-state index contributed by atoms with van der Waals surface area (Å²) < 4.78 is 0. The standard InChI is InChI=1S/C11H22N4O2/c1-8-7-9(12)3-5-15(8)6-4-10(16)14-11(17)13-2/h8-9H,3-7,12H2,1-2H3,(H2,13,14,16,17). The van der Waals surface area contributed by atoms with Crippen molar-refractivity contribution in [1.29, 1.82) is 0 Å². The molecule has 0 radical (unpaired) electrons. The second-order valence-electron chi connectivity index (χ2n) is 4.55. The molecule has 0 aromatic rings. The quantitative estimate of drug-likeness (QED) is 0.631. The van der Waals surface area contributed by atoms with Crippen LogP contribution in [0.3, 0.4) is 0 Å². The molecule has 1 fully saturated rings. The lowest BCUT2D eigenvalue weighted by Gasteiger charge is -2.36. The molecular weight excluding hydrogens is 220 g/mol. The summed E-state index contributed by atoms with van der Waals surface area (Å²) >= 11 is 0. The van der Waals surface area contributed by atoms with E-state index in [-0.39, 0.29) is 11.9 Å². The zero-order chi connectivity index (χ0) is 12.8. The molecule has 98 valence electrons. The molecule has 0 aromatic carbocycles. The fourth-order valence-electron chi connectivity index (χ4n) is 2.09. The highest BCUT2D eigenvalue weighted by molar-refractivity contribution is 5.94. The first-order chi connectivity index (χ1) is 8.02. The van der Waals surface area contributed by atoms with Crippen molar-refractivity contribution in [1.82, 2.24) is 15.5 Å². The molecule has 6 nitrogen and oxygen atoms in total. The maximum absolute atomic E-state index is 11.4. The number of nitrogens with two attached hydrogens (primary N) is 1. The molecule has 0 aliphatic carbocycles. The Morgan fingerprint density at radius 2 is 2.18 bits per heavy atom. The molecule has 1 heterocycles. The number of urea groups is 1. The van der Waals surface area contributed by atoms with E-state index in [1.165, 1.54) is 7.05 Å². The lowest BCUT2D eigenvalue weighted by molar-refractivity contribution is -0.120. The molecule has 4 N–H and O–H groups in total. The molecular formula is C11H22N4O2. The molecule has 3 amide bonds. The molecule has 0 bridgehead atoms. The van der Waals surface area contributed by atoms with Gasteiger partial charge in [0.05, 0.1) is 0 Å². The number of amides is 3. The van der Waals surface area contributed by atoms with E-state index in [4.69, 9.17) is 5.73 Å². The number of hydrogen-bond donors (Lipinski definition) is 3. The summed E-state index contributed by atoms with van der Waals surface area (Å²) in [5, 5.41) is 4.60. The molecule has 1 saturated heterocycles. The topological polar surface area (TPSA) is 87.5 Å². The average Bonchev–Trinajstić information content (AvgIpc) is 2.27. The molecule has 2 atom stereocenters. The van der Waals surface area contributed by atoms with Gasteiger partial charge in [0.15, 0.2) is 0 Å². The summed E-state index contributed by atoms with van der Waals surface area (Å²) in [4.78, 5) is 24.6. The van der Waals surface area contributed by atoms with E-state index in [1.54, 1.807) is 0 Å². The van der Waals surface area contributed by atoms with Gasteiger partial charge in [0.25, 0.3) is 0 Å². The minimum absolute atomic E-state index is 0.244. The van der Waals surface area contributed by atoms with Crippen molar-refractivity contribution >= 4 is 11.9 Å². The first kappa shape index (κ1) is 13.9. The number of hydrogen-bond acceptors (Lipinski definition) is 4. The zero-order valence-corrected chi connectivity index (χ0v) is 10.5. The minimum atomic E-state index is -0.455. The minimum Gasteiger partial charge on any atom is -0.341 e. The van der Waals surface area contributed by atoms with Gasteiger partial charge in [0, 0.05) is 32.1 Å². The Hall–Kier alpha value is -1.14. The van der Waals surface area contributed by atoms with Gasteiger partial charge < -0.3 is 16.0 Å². The molecule has 0 spiro atoms. The van der Waals surface area contributed by atoms with Crippen LogP contribution in [0.5, 0.6) is 0 Å². The first-order valence-electron chi connectivity index (χ1n) is 6.04. The predicted molar refractivity (Wildman–Crippen MR) is 65.5 cm³/mol. The van der Waals surface area contributed by atoms with Crippen LogP contribution >= 0.6 is 0 Å². The third kappa shape index (κ3) is 4.70. The van der Waals surface area contributed by atoms with Crippen molar-refractivity contribution in [2.75, 3.05) is 20.1 Å². The van der Waals surface area contributed by atoms with Crippen LogP contribution in [-0.2, 0) is 4.79 Å². The van der Waals surface area contributed by atoms with E-state index in [2.05, 4.69) is 22.5 Å². The number of nitrogens with zero attached hydrogens (tertiary/aromatic N) is 1. The normalized spacial score (nSPS) is 25.4. The smallest absolute Gasteiger partial charge is 0.321 e. The van der Waals surface area contributed by atoms with Crippen molar-refractivity contribution in [3.8, 4) is 0 Å². The van der Waals surface area contributed by atoms with E-state index in [9.17, 15) is 9.59 Å². The average molecular weight is 242 g/mol. The molecule has 1 aliphatic rings. The number of carbonyl (C=O) groups is 2. The highest BCUT2D eigenvalue weighted by Crippen LogP contribution is 2.15. The Kier molecular flexibility index (Phi) is 5.37.